The van der Waals surface area contributed by atoms with E-state index >= 15 is 0 Å². The first-order valence-electron chi connectivity index (χ1n) is 53.9. The minimum absolute atomic E-state index is 0. The summed E-state index contributed by atoms with van der Waals surface area (Å²) in [6, 6.07) is 0.111. The molecule has 0 aromatic heterocycles. The molecule has 145 heavy (non-hydrogen) atoms. The number of nitrogens with zero attached hydrogens (tertiary/aromatic N) is 2. The quantitative estimate of drug-likeness (QED) is 0.0253. The highest BCUT2D eigenvalue weighted by molar-refractivity contribution is 5.82. The molecule has 26 heteroatoms. The molecule has 0 radical (unpaired) electrons. The second-order valence-corrected chi connectivity index (χ2v) is 45.2. The van der Waals surface area contributed by atoms with Crippen LogP contribution in [0.4, 0.5) is 0 Å². The smallest absolute Gasteiger partial charge is 0.312 e. The second kappa shape index (κ2) is 58.2. The molecule has 5 heterocycles. The molecule has 820 valence electrons. The number of fused-ring (bicyclic) bond motifs is 4. The molecule has 0 aromatic carbocycles. The Bertz CT molecular complexity index is 4410. The predicted octanol–water partition coefficient (Wildman–Crippen LogP) is 21.0. The lowest BCUT2D eigenvalue weighted by molar-refractivity contribution is -0.163. The van der Waals surface area contributed by atoms with Gasteiger partial charge in [-0.3, -0.25) is 52.7 Å². The van der Waals surface area contributed by atoms with Crippen molar-refractivity contribution in [3.05, 3.63) is 107 Å². The van der Waals surface area contributed by atoms with Gasteiger partial charge in [0.1, 0.15) is 48.8 Å². The number of carbonyl (C=O) groups excluding carboxylic acids is 11. The molecule has 3 amide bonds. The summed E-state index contributed by atoms with van der Waals surface area (Å²) in [5.41, 5.74) is 5.71. The van der Waals surface area contributed by atoms with E-state index in [-0.39, 0.29) is 236 Å². The molecular formula is C119H191N3O23. The van der Waals surface area contributed by atoms with E-state index in [4.69, 9.17) is 37.9 Å². The summed E-state index contributed by atoms with van der Waals surface area (Å²) in [5.74, 6) is 3.82. The molecule has 10 aliphatic carbocycles. The Hall–Kier alpha value is -8.33. The number of rotatable bonds is 30. The summed E-state index contributed by atoms with van der Waals surface area (Å²) >= 11 is 0. The minimum atomic E-state index is -0.609. The number of aliphatic hydroxyl groups excluding tert-OH is 4. The normalized spacial score (nSPS) is 33.9. The number of aliphatic hydroxyl groups is 4. The van der Waals surface area contributed by atoms with Crippen molar-refractivity contribution in [2.24, 2.45) is 124 Å². The highest BCUT2D eigenvalue weighted by Crippen LogP contribution is 2.53. The van der Waals surface area contributed by atoms with Gasteiger partial charge in [-0.2, -0.15) is 0 Å². The van der Waals surface area contributed by atoms with Crippen LogP contribution in [0.25, 0.3) is 0 Å². The van der Waals surface area contributed by atoms with Gasteiger partial charge in [0.2, 0.25) is 17.7 Å². The van der Waals surface area contributed by atoms with Crippen molar-refractivity contribution in [3.63, 3.8) is 0 Å². The Kier molecular flexibility index (Phi) is 50.3. The SMILES string of the molecule is C.C.C.C.C.C=C1C=C2C=C[C@H](C)[C@H](CC[C@@H]3C[C@@H](O)CC(=O)O3)C2[C@@H](OC(=O)C(C)CC)C1.CC(=O)NCCCC(=O)N1CCC(=O)N(CC2CC2)C(C(C)C)C1.CC[C@H](C)C(=O)OC1CC(C)C=C2C=CC(C)[C@@H](CC[C@H]3C[C@@H](O)CC(=O)O3)[C@H]21.CC[C@H](C)C(=O)O[C@H]1C[C@@H](C)C=C2C=C[C@H](C)[C@H](CC[C@@H]3C[C@@H](O)CC(=O)O3)[C@H]21.C[C@H]1C=C2C=C[C@H](C)[C@H](CC[C@@H]3C[C@@H](O)CC(=O)O3)[C@H]2[C@@H](OC(=O)C2(C)CC2)C1. The third-order valence-electron chi connectivity index (χ3n) is 32.9. The highest BCUT2D eigenvalue weighted by atomic mass is 16.6. The zero-order valence-electron chi connectivity index (χ0n) is 87.2. The van der Waals surface area contributed by atoms with Crippen LogP contribution in [-0.4, -0.2) is 201 Å². The molecule has 6 unspecified atom stereocenters. The second-order valence-electron chi connectivity index (χ2n) is 45.2. The molecule has 5 aliphatic heterocycles. The van der Waals surface area contributed by atoms with Gasteiger partial charge in [0.15, 0.2) is 0 Å². The Balaban J connectivity index is 0.000000275. The van der Waals surface area contributed by atoms with Crippen molar-refractivity contribution in [3.8, 4) is 0 Å². The maximum Gasteiger partial charge on any atom is 0.312 e. The number of allylic oxidation sites excluding steroid dienone is 12. The van der Waals surface area contributed by atoms with Gasteiger partial charge in [-0.05, 0) is 228 Å². The summed E-state index contributed by atoms with van der Waals surface area (Å²) in [7, 11) is 0. The monoisotopic (exact) mass is 2030 g/mol. The van der Waals surface area contributed by atoms with Crippen LogP contribution in [0.3, 0.4) is 0 Å². The Morgan fingerprint density at radius 1 is 0.469 bits per heavy atom. The van der Waals surface area contributed by atoms with Crippen molar-refractivity contribution >= 4 is 65.5 Å². The van der Waals surface area contributed by atoms with Crippen LogP contribution in [-0.2, 0) is 90.6 Å². The van der Waals surface area contributed by atoms with Gasteiger partial charge in [0.25, 0.3) is 0 Å². The van der Waals surface area contributed by atoms with Crippen LogP contribution in [0.1, 0.15) is 347 Å². The van der Waals surface area contributed by atoms with Crippen molar-refractivity contribution < 1.29 is 111 Å². The summed E-state index contributed by atoms with van der Waals surface area (Å²) in [6.07, 6.45) is 43.2. The molecule has 7 fully saturated rings. The number of carbonyl (C=O) groups is 11. The molecule has 15 aliphatic rings. The van der Waals surface area contributed by atoms with Crippen molar-refractivity contribution in [1.29, 1.82) is 0 Å². The molecule has 0 aromatic rings. The van der Waals surface area contributed by atoms with Gasteiger partial charge in [0, 0.05) is 102 Å². The number of cyclic esters (lactones) is 4. The molecule has 15 rings (SSSR count). The number of hydrogen-bond acceptors (Lipinski definition) is 23. The maximum atomic E-state index is 12.7. The largest absolute Gasteiger partial charge is 0.462 e. The molecule has 5 N–H and O–H groups in total. The Labute approximate surface area is 870 Å². The number of amides is 3. The van der Waals surface area contributed by atoms with Crippen molar-refractivity contribution in [2.75, 3.05) is 26.2 Å². The van der Waals surface area contributed by atoms with E-state index in [9.17, 15) is 73.2 Å². The van der Waals surface area contributed by atoms with Crippen molar-refractivity contribution in [2.45, 2.75) is 427 Å². The van der Waals surface area contributed by atoms with Gasteiger partial charge in [-0.15, -0.1) is 0 Å². The topological polar surface area (TPSA) is 361 Å². The van der Waals surface area contributed by atoms with Gasteiger partial charge in [0.05, 0.1) is 79.3 Å². The average molecular weight is 2030 g/mol. The van der Waals surface area contributed by atoms with Crippen molar-refractivity contribution in [1.82, 2.24) is 15.1 Å². The molecular weight excluding hydrogens is 1840 g/mol. The standard InChI is InChI=1S/C24H34O5.2C24H36O5.C24H34O5.C18H31N3O3.5CH4/c1-14-10-16-5-4-15(2)19(7-6-18-12-17(25)13-21(26)28-18)22(16)20(11-14)29-23(27)24(3)8-9-24;3*1-5-15(3)24(27)29-21-11-14(2)10-17-7-6-16(4)20(23(17)21)9-8-19-12-18(25)13-22(26)28-19;1-13(2)16-12-20(17(23)5-4-9-19-14(3)22)10-8-18(24)21(16)11-15-6-7-15;;;;;/h4-5,10,14-15,17-20,22,25H,6-9,11-13H2,1-3H3;2*6-7,10,14-16,18-21,23,25H,5,8-9,11-13H2,1-4H3;6-7,10,15-16,18-21,23,25H,2,5,8-9,11-13H2,1,3-4H3;13,15-16H,4-12H2,1-3H3,(H,19,22);5*1H4/t14-,15-,17+,18+,19-,20-,22-;14?,15-,16?,18+,19-,20+,21?,23-;14-,15-,16-,18+,19+,20-,21-,23-;15?,16-,18+,19+,20-,21-,23?;;;;;;/m0000....../s1. The van der Waals surface area contributed by atoms with E-state index in [0.29, 0.717) is 148 Å². The fourth-order valence-electron chi connectivity index (χ4n) is 23.5. The van der Waals surface area contributed by atoms with Crippen LogP contribution in [0.15, 0.2) is 107 Å². The van der Waals surface area contributed by atoms with Crippen LogP contribution in [0.5, 0.6) is 0 Å². The Morgan fingerprint density at radius 2 is 0.800 bits per heavy atom. The molecule has 0 spiro atoms. The first-order chi connectivity index (χ1) is 66.5. The highest BCUT2D eigenvalue weighted by Gasteiger charge is 2.52. The third kappa shape index (κ3) is 36.0. The number of nitrogens with one attached hydrogen (secondary N) is 1. The molecule has 2 saturated carbocycles. The van der Waals surface area contributed by atoms with E-state index < -0.39 is 24.4 Å². The van der Waals surface area contributed by atoms with Crippen LogP contribution in [0, 0.1) is 124 Å². The number of esters is 8. The fraction of sp³-hybridized carbons (Fsp3) is 0.756. The molecule has 5 saturated heterocycles. The first-order valence-corrected chi connectivity index (χ1v) is 53.9. The summed E-state index contributed by atoms with van der Waals surface area (Å²) in [5, 5.41) is 42.3. The third-order valence-corrected chi connectivity index (χ3v) is 32.9. The lowest BCUT2D eigenvalue weighted by atomic mass is 9.65. The van der Waals surface area contributed by atoms with E-state index in [2.05, 4.69) is 147 Å². The maximum absolute atomic E-state index is 12.7. The molecule has 26 nitrogen and oxygen atoms in total. The predicted molar refractivity (Wildman–Crippen MR) is 567 cm³/mol. The summed E-state index contributed by atoms with van der Waals surface area (Å²) in [6.45, 7) is 41.5. The van der Waals surface area contributed by atoms with Crippen LogP contribution < -0.4 is 5.32 Å². The lowest BCUT2D eigenvalue weighted by Gasteiger charge is -2.43. The van der Waals surface area contributed by atoms with E-state index in [0.717, 1.165) is 108 Å². The molecule has 0 bridgehead atoms. The zero-order chi connectivity index (χ0) is 102. The van der Waals surface area contributed by atoms with Crippen LogP contribution in [0.2, 0.25) is 0 Å². The Morgan fingerprint density at radius 3 is 1.12 bits per heavy atom. The summed E-state index contributed by atoms with van der Waals surface area (Å²) in [4.78, 5) is 137. The average Bonchev–Trinajstić information content (AvgIpc) is 1.75. The van der Waals surface area contributed by atoms with Gasteiger partial charge in [-0.25, -0.2) is 0 Å². The minimum Gasteiger partial charge on any atom is -0.462 e. The summed E-state index contributed by atoms with van der Waals surface area (Å²) < 4.78 is 46.0. The zero-order valence-corrected chi connectivity index (χ0v) is 87.2. The molecule has 31 atom stereocenters. The lowest BCUT2D eigenvalue weighted by Crippen LogP contribution is -2.48. The number of ether oxygens (including phenoxy) is 8. The fourth-order valence-corrected chi connectivity index (χ4v) is 23.5. The van der Waals surface area contributed by atoms with E-state index in [1.165, 1.54) is 42.1 Å². The van der Waals surface area contributed by atoms with Gasteiger partial charge >= 0.3 is 47.8 Å². The van der Waals surface area contributed by atoms with Crippen LogP contribution >= 0.6 is 0 Å². The van der Waals surface area contributed by atoms with E-state index in [1.807, 2.05) is 58.3 Å². The van der Waals surface area contributed by atoms with Gasteiger partial charge < -0.3 is 73.4 Å². The van der Waals surface area contributed by atoms with Gasteiger partial charge in [-0.1, -0.05) is 226 Å². The number of hydrogen-bond donors (Lipinski definition) is 5. The van der Waals surface area contributed by atoms with E-state index in [1.54, 1.807) is 0 Å². The first kappa shape index (κ1) is 125.